The van der Waals surface area contributed by atoms with Crippen molar-refractivity contribution in [2.45, 2.75) is 6.92 Å². The molecule has 0 fully saturated rings. The fourth-order valence-corrected chi connectivity index (χ4v) is 3.49. The topological polar surface area (TPSA) is 117 Å². The summed E-state index contributed by atoms with van der Waals surface area (Å²) in [4.78, 5) is 39.5. The number of hydrogen-bond donors (Lipinski definition) is 0. The first-order valence-electron chi connectivity index (χ1n) is 10.2. The van der Waals surface area contributed by atoms with Gasteiger partial charge < -0.3 is 14.2 Å². The Morgan fingerprint density at radius 2 is 1.89 bits per heavy atom. The number of aliphatic imine (C=N–C) groups is 1. The van der Waals surface area contributed by atoms with Crippen LogP contribution in [0.2, 0.25) is 5.02 Å². The number of nitro benzene ring substituents is 1. The lowest BCUT2D eigenvalue weighted by molar-refractivity contribution is -0.384. The summed E-state index contributed by atoms with van der Waals surface area (Å²) < 4.78 is 16.0. The number of carbonyl (C=O) groups is 2. The van der Waals surface area contributed by atoms with Gasteiger partial charge in [0.1, 0.15) is 0 Å². The highest BCUT2D eigenvalue weighted by Gasteiger charge is 2.27. The van der Waals surface area contributed by atoms with Crippen LogP contribution >= 0.6 is 11.6 Å². The zero-order valence-electron chi connectivity index (χ0n) is 18.5. The Bertz CT molecular complexity index is 1430. The molecule has 3 aromatic rings. The second-order valence-electron chi connectivity index (χ2n) is 7.37. The second kappa shape index (κ2) is 9.78. The first-order valence-corrected chi connectivity index (χ1v) is 10.6. The molecule has 1 heterocycles. The van der Waals surface area contributed by atoms with Crippen LogP contribution in [-0.4, -0.2) is 29.9 Å². The monoisotopic (exact) mass is 492 g/mol. The van der Waals surface area contributed by atoms with E-state index in [4.69, 9.17) is 25.8 Å². The number of benzene rings is 3. The number of nitrogens with zero attached hydrogens (tertiary/aromatic N) is 2. The number of methoxy groups -OCH3 is 1. The van der Waals surface area contributed by atoms with Crippen LogP contribution in [0.5, 0.6) is 11.5 Å². The second-order valence-corrected chi connectivity index (χ2v) is 7.78. The number of halogens is 1. The highest BCUT2D eigenvalue weighted by atomic mass is 35.5. The molecule has 4 rings (SSSR count). The van der Waals surface area contributed by atoms with Gasteiger partial charge in [0.2, 0.25) is 5.90 Å². The fraction of sp³-hybridized carbons (Fsp3) is 0.0800. The van der Waals surface area contributed by atoms with E-state index in [1.165, 1.54) is 37.5 Å². The molecule has 176 valence electrons. The van der Waals surface area contributed by atoms with Crippen molar-refractivity contribution in [3.8, 4) is 11.5 Å². The third-order valence-electron chi connectivity index (χ3n) is 5.07. The number of ether oxygens (including phenoxy) is 3. The first-order chi connectivity index (χ1) is 16.8. The molecule has 0 saturated heterocycles. The summed E-state index contributed by atoms with van der Waals surface area (Å²) in [6.45, 7) is 1.80. The molecule has 0 aliphatic carbocycles. The quantitative estimate of drug-likeness (QED) is 0.154. The van der Waals surface area contributed by atoms with E-state index < -0.39 is 16.9 Å². The molecule has 10 heteroatoms. The largest absolute Gasteiger partial charge is 0.493 e. The number of hydrogen-bond acceptors (Lipinski definition) is 8. The van der Waals surface area contributed by atoms with Gasteiger partial charge in [0.15, 0.2) is 17.2 Å². The van der Waals surface area contributed by atoms with Crippen molar-refractivity contribution in [3.05, 3.63) is 104 Å². The Kier molecular flexibility index (Phi) is 6.61. The van der Waals surface area contributed by atoms with Crippen molar-refractivity contribution in [1.29, 1.82) is 0 Å². The number of esters is 2. The lowest BCUT2D eigenvalue weighted by Crippen LogP contribution is -2.10. The van der Waals surface area contributed by atoms with Gasteiger partial charge in [0.25, 0.3) is 5.69 Å². The van der Waals surface area contributed by atoms with Gasteiger partial charge in [-0.15, -0.1) is 0 Å². The predicted molar refractivity (Wildman–Crippen MR) is 128 cm³/mol. The molecule has 0 N–H and O–H groups in total. The van der Waals surface area contributed by atoms with E-state index >= 15 is 0 Å². The van der Waals surface area contributed by atoms with E-state index in [0.29, 0.717) is 11.1 Å². The van der Waals surface area contributed by atoms with Crippen molar-refractivity contribution in [3.63, 3.8) is 0 Å². The standard InChI is InChI=1S/C25H17ClN2O7/c1-14-5-3-4-6-17(14)24(29)34-21-10-7-15(12-22(21)33-2)11-20-25(30)35-23(27-20)18-13-16(28(31)32)8-9-19(18)26/h3-13H,1-2H3/b20-11-. The number of cyclic esters (lactones) is 1. The molecule has 35 heavy (non-hydrogen) atoms. The summed E-state index contributed by atoms with van der Waals surface area (Å²) in [5.74, 6) is -0.972. The number of aryl methyl sites for hydroxylation is 1. The van der Waals surface area contributed by atoms with Crippen LogP contribution in [0.15, 0.2) is 71.4 Å². The maximum absolute atomic E-state index is 12.6. The molecule has 0 amide bonds. The van der Waals surface area contributed by atoms with E-state index in [1.807, 2.05) is 6.07 Å². The Labute approximate surface area is 204 Å². The minimum atomic E-state index is -0.753. The number of nitro groups is 1. The Balaban J connectivity index is 1.61. The van der Waals surface area contributed by atoms with Gasteiger partial charge in [0, 0.05) is 12.1 Å². The maximum atomic E-state index is 12.6. The zero-order chi connectivity index (χ0) is 25.1. The lowest BCUT2D eigenvalue weighted by Gasteiger charge is -2.11. The molecular weight excluding hydrogens is 476 g/mol. The van der Waals surface area contributed by atoms with Crippen molar-refractivity contribution in [2.24, 2.45) is 4.99 Å². The molecule has 9 nitrogen and oxygen atoms in total. The molecule has 0 radical (unpaired) electrons. The molecule has 1 aliphatic heterocycles. The third kappa shape index (κ3) is 5.04. The van der Waals surface area contributed by atoms with E-state index in [0.717, 1.165) is 5.56 Å². The van der Waals surface area contributed by atoms with Gasteiger partial charge in [-0.2, -0.15) is 0 Å². The van der Waals surface area contributed by atoms with Crippen LogP contribution in [-0.2, 0) is 9.53 Å². The third-order valence-corrected chi connectivity index (χ3v) is 5.40. The molecule has 0 spiro atoms. The molecule has 3 aromatic carbocycles. The molecule has 0 aromatic heterocycles. The smallest absolute Gasteiger partial charge is 0.363 e. The first kappa shape index (κ1) is 23.7. The summed E-state index contributed by atoms with van der Waals surface area (Å²) in [5, 5.41) is 11.2. The number of non-ortho nitro benzene ring substituents is 1. The van der Waals surface area contributed by atoms with E-state index in [-0.39, 0.29) is 39.4 Å². The Hall–Kier alpha value is -4.50. The SMILES string of the molecule is COc1cc(/C=C2\N=C(c3cc([N+](=O)[O-])ccc3Cl)OC2=O)ccc1OC(=O)c1ccccc1C. The summed E-state index contributed by atoms with van der Waals surface area (Å²) >= 11 is 6.12. The van der Waals surface area contributed by atoms with Crippen LogP contribution in [0.3, 0.4) is 0 Å². The number of carbonyl (C=O) groups excluding carboxylic acids is 2. The Morgan fingerprint density at radius 3 is 2.60 bits per heavy atom. The van der Waals surface area contributed by atoms with Crippen LogP contribution in [0, 0.1) is 17.0 Å². The van der Waals surface area contributed by atoms with E-state index in [2.05, 4.69) is 4.99 Å². The fourth-order valence-electron chi connectivity index (χ4n) is 3.29. The van der Waals surface area contributed by atoms with Gasteiger partial charge in [-0.25, -0.2) is 14.6 Å². The highest BCUT2D eigenvalue weighted by Crippen LogP contribution is 2.31. The van der Waals surface area contributed by atoms with Crippen molar-refractivity contribution >= 4 is 41.2 Å². The van der Waals surface area contributed by atoms with Crippen LogP contribution in [0.25, 0.3) is 6.08 Å². The number of rotatable bonds is 6. The van der Waals surface area contributed by atoms with Crippen LogP contribution in [0.4, 0.5) is 5.69 Å². The van der Waals surface area contributed by atoms with E-state index in [1.54, 1.807) is 37.3 Å². The maximum Gasteiger partial charge on any atom is 0.363 e. The van der Waals surface area contributed by atoms with Gasteiger partial charge in [-0.1, -0.05) is 35.9 Å². The summed E-state index contributed by atoms with van der Waals surface area (Å²) in [6, 6.07) is 15.5. The van der Waals surface area contributed by atoms with Crippen molar-refractivity contribution in [2.75, 3.05) is 7.11 Å². The predicted octanol–water partition coefficient (Wildman–Crippen LogP) is 5.13. The molecule has 1 aliphatic rings. The summed E-state index contributed by atoms with van der Waals surface area (Å²) in [5.41, 5.74) is 1.56. The highest BCUT2D eigenvalue weighted by molar-refractivity contribution is 6.34. The molecule has 0 saturated carbocycles. The minimum absolute atomic E-state index is 0.0470. The average Bonchev–Trinajstić information content (AvgIpc) is 3.20. The minimum Gasteiger partial charge on any atom is -0.493 e. The summed E-state index contributed by atoms with van der Waals surface area (Å²) in [7, 11) is 1.42. The van der Waals surface area contributed by atoms with Gasteiger partial charge in [0.05, 0.1) is 28.2 Å². The zero-order valence-corrected chi connectivity index (χ0v) is 19.2. The van der Waals surface area contributed by atoms with Gasteiger partial charge in [-0.05, 0) is 48.4 Å². The lowest BCUT2D eigenvalue weighted by atomic mass is 10.1. The van der Waals surface area contributed by atoms with Crippen molar-refractivity contribution in [1.82, 2.24) is 0 Å². The Morgan fingerprint density at radius 1 is 1.11 bits per heavy atom. The molecular formula is C25H17ClN2O7. The molecule has 0 bridgehead atoms. The molecule has 0 unspecified atom stereocenters. The molecule has 0 atom stereocenters. The van der Waals surface area contributed by atoms with E-state index in [9.17, 15) is 19.7 Å². The average molecular weight is 493 g/mol. The van der Waals surface area contributed by atoms with Gasteiger partial charge in [-0.3, -0.25) is 10.1 Å². The summed E-state index contributed by atoms with van der Waals surface area (Å²) in [6.07, 6.45) is 1.44. The van der Waals surface area contributed by atoms with Crippen LogP contribution in [0.1, 0.15) is 27.0 Å². The van der Waals surface area contributed by atoms with Crippen molar-refractivity contribution < 1.29 is 28.7 Å². The van der Waals surface area contributed by atoms with Gasteiger partial charge >= 0.3 is 11.9 Å². The van der Waals surface area contributed by atoms with Crippen LogP contribution < -0.4 is 9.47 Å². The normalized spacial score (nSPS) is 13.9.